The smallest absolute Gasteiger partial charge is 0.306 e. The molecule has 4 nitrogen and oxygen atoms in total. The maximum atomic E-state index is 12.2. The van der Waals surface area contributed by atoms with E-state index in [0.717, 1.165) is 38.5 Å². The normalized spacial score (nSPS) is 12.5. The van der Waals surface area contributed by atoms with Gasteiger partial charge in [0.15, 0.2) is 0 Å². The second-order valence-electron chi connectivity index (χ2n) is 14.1. The summed E-state index contributed by atoms with van der Waals surface area (Å²) >= 11 is 0. The third-order valence-electron chi connectivity index (χ3n) is 9.28. The molecule has 1 unspecified atom stereocenters. The Labute approximate surface area is 294 Å². The van der Waals surface area contributed by atoms with E-state index in [2.05, 4.69) is 38.2 Å². The summed E-state index contributed by atoms with van der Waals surface area (Å²) in [4.78, 5) is 12.2. The predicted octanol–water partition coefficient (Wildman–Crippen LogP) is 13.5. The Balaban J connectivity index is 3.40. The van der Waals surface area contributed by atoms with Gasteiger partial charge in [0, 0.05) is 13.0 Å². The molecule has 0 aliphatic heterocycles. The van der Waals surface area contributed by atoms with Crippen LogP contribution in [0.15, 0.2) is 24.3 Å². The molecule has 0 heterocycles. The van der Waals surface area contributed by atoms with Gasteiger partial charge in [0.2, 0.25) is 0 Å². The van der Waals surface area contributed by atoms with Crippen LogP contribution in [-0.2, 0) is 14.3 Å². The van der Waals surface area contributed by atoms with E-state index in [1.54, 1.807) is 0 Å². The van der Waals surface area contributed by atoms with Gasteiger partial charge in [-0.1, -0.05) is 192 Å². The van der Waals surface area contributed by atoms with Crippen molar-refractivity contribution in [1.29, 1.82) is 0 Å². The van der Waals surface area contributed by atoms with Gasteiger partial charge in [-0.2, -0.15) is 0 Å². The number of esters is 1. The van der Waals surface area contributed by atoms with Gasteiger partial charge in [0.25, 0.3) is 0 Å². The van der Waals surface area contributed by atoms with Crippen molar-refractivity contribution >= 4 is 5.97 Å². The highest BCUT2D eigenvalue weighted by atomic mass is 16.6. The number of hydrogen-bond acceptors (Lipinski definition) is 4. The first-order valence-electron chi connectivity index (χ1n) is 20.9. The predicted molar refractivity (Wildman–Crippen MR) is 205 cm³/mol. The molecule has 278 valence electrons. The molecule has 0 aromatic rings. The average Bonchev–Trinajstić information content (AvgIpc) is 3.08. The van der Waals surface area contributed by atoms with E-state index in [-0.39, 0.29) is 12.6 Å². The molecule has 47 heavy (non-hydrogen) atoms. The van der Waals surface area contributed by atoms with Crippen molar-refractivity contribution in [3.8, 4) is 0 Å². The molecule has 0 bridgehead atoms. The highest BCUT2D eigenvalue weighted by Gasteiger charge is 2.13. The number of carbonyl (C=O) groups excluding carboxylic acids is 1. The van der Waals surface area contributed by atoms with Crippen LogP contribution in [0.2, 0.25) is 0 Å². The zero-order valence-electron chi connectivity index (χ0n) is 31.8. The molecule has 0 aliphatic rings. The molecule has 0 radical (unpaired) electrons. The molecule has 0 saturated carbocycles. The van der Waals surface area contributed by atoms with Gasteiger partial charge in [0.1, 0.15) is 6.10 Å². The number of ether oxygens (including phenoxy) is 2. The Kier molecular flexibility index (Phi) is 40.1. The molecular formula is C43H82O4. The molecule has 0 fully saturated rings. The Morgan fingerprint density at radius 3 is 1.36 bits per heavy atom. The van der Waals surface area contributed by atoms with Gasteiger partial charge < -0.3 is 14.6 Å². The largest absolute Gasteiger partial charge is 0.457 e. The maximum absolute atomic E-state index is 12.2. The summed E-state index contributed by atoms with van der Waals surface area (Å²) in [6, 6.07) is 0. The zero-order chi connectivity index (χ0) is 34.1. The monoisotopic (exact) mass is 663 g/mol. The van der Waals surface area contributed by atoms with E-state index in [9.17, 15) is 9.90 Å². The number of unbranched alkanes of at least 4 members (excludes halogenated alkanes) is 27. The molecule has 0 saturated heterocycles. The van der Waals surface area contributed by atoms with Crippen LogP contribution < -0.4 is 0 Å². The van der Waals surface area contributed by atoms with Crippen LogP contribution >= 0.6 is 0 Å². The molecule has 1 atom stereocenters. The van der Waals surface area contributed by atoms with Crippen LogP contribution in [0.1, 0.15) is 219 Å². The minimum Gasteiger partial charge on any atom is -0.457 e. The SMILES string of the molecule is CCCCC/C=C\C/C=C\CCCCCCCC(=O)OC(CO)COCCCCCCCCCCCCCCCCCCCCCC. The first-order chi connectivity index (χ1) is 23.2. The number of aliphatic hydroxyl groups excluding tert-OH is 1. The van der Waals surface area contributed by atoms with Crippen molar-refractivity contribution in [3.05, 3.63) is 24.3 Å². The van der Waals surface area contributed by atoms with Gasteiger partial charge in [0.05, 0.1) is 13.2 Å². The van der Waals surface area contributed by atoms with Gasteiger partial charge in [-0.25, -0.2) is 0 Å². The van der Waals surface area contributed by atoms with Gasteiger partial charge in [-0.05, 0) is 44.9 Å². The fraction of sp³-hybridized carbons (Fsp3) is 0.884. The van der Waals surface area contributed by atoms with Crippen molar-refractivity contribution in [2.24, 2.45) is 0 Å². The van der Waals surface area contributed by atoms with E-state index in [1.807, 2.05) is 0 Å². The van der Waals surface area contributed by atoms with Crippen LogP contribution in [0.5, 0.6) is 0 Å². The topological polar surface area (TPSA) is 55.8 Å². The van der Waals surface area contributed by atoms with Crippen LogP contribution in [0, 0.1) is 0 Å². The van der Waals surface area contributed by atoms with Crippen molar-refractivity contribution in [1.82, 2.24) is 0 Å². The maximum Gasteiger partial charge on any atom is 0.306 e. The van der Waals surface area contributed by atoms with E-state index in [0.29, 0.717) is 19.6 Å². The van der Waals surface area contributed by atoms with Crippen molar-refractivity contribution < 1.29 is 19.4 Å². The van der Waals surface area contributed by atoms with Crippen molar-refractivity contribution in [2.75, 3.05) is 19.8 Å². The molecule has 0 aromatic heterocycles. The number of allylic oxidation sites excluding steroid dienone is 4. The average molecular weight is 663 g/mol. The Bertz CT molecular complexity index is 658. The lowest BCUT2D eigenvalue weighted by atomic mass is 10.0. The number of aliphatic hydroxyl groups is 1. The minimum absolute atomic E-state index is 0.173. The number of hydrogen-bond donors (Lipinski definition) is 1. The van der Waals surface area contributed by atoms with E-state index in [4.69, 9.17) is 9.47 Å². The van der Waals surface area contributed by atoms with Crippen molar-refractivity contribution in [2.45, 2.75) is 225 Å². The van der Waals surface area contributed by atoms with Gasteiger partial charge in [-0.3, -0.25) is 4.79 Å². The standard InChI is InChI=1S/C43H82O4/c1-3-5-7-9-11-13-15-17-19-20-21-22-23-25-27-29-31-33-35-37-39-46-41-42(40-44)47-43(45)38-36-34-32-30-28-26-24-18-16-14-12-10-8-6-4-2/h12,14,18,24,42,44H,3-11,13,15-17,19-23,25-41H2,1-2H3/b14-12-,24-18-. The Morgan fingerprint density at radius 1 is 0.511 bits per heavy atom. The number of carbonyl (C=O) groups is 1. The van der Waals surface area contributed by atoms with Crippen LogP contribution in [-0.4, -0.2) is 37.0 Å². The first kappa shape index (κ1) is 45.9. The molecule has 4 heteroatoms. The lowest BCUT2D eigenvalue weighted by molar-refractivity contribution is -0.154. The summed E-state index contributed by atoms with van der Waals surface area (Å²) in [6.45, 7) is 5.34. The van der Waals surface area contributed by atoms with E-state index >= 15 is 0 Å². The van der Waals surface area contributed by atoms with E-state index < -0.39 is 6.10 Å². The van der Waals surface area contributed by atoms with Gasteiger partial charge >= 0.3 is 5.97 Å². The Morgan fingerprint density at radius 2 is 0.894 bits per heavy atom. The highest BCUT2D eigenvalue weighted by Crippen LogP contribution is 2.15. The second kappa shape index (κ2) is 41.0. The molecule has 1 N–H and O–H groups in total. The molecule has 0 aliphatic carbocycles. The molecule has 0 amide bonds. The lowest BCUT2D eigenvalue weighted by Gasteiger charge is -2.15. The summed E-state index contributed by atoms with van der Waals surface area (Å²) < 4.78 is 11.1. The summed E-state index contributed by atoms with van der Waals surface area (Å²) in [5.41, 5.74) is 0. The minimum atomic E-state index is -0.537. The quantitative estimate of drug-likeness (QED) is 0.0404. The number of rotatable bonds is 39. The fourth-order valence-corrected chi connectivity index (χ4v) is 6.12. The van der Waals surface area contributed by atoms with Crippen LogP contribution in [0.25, 0.3) is 0 Å². The third-order valence-corrected chi connectivity index (χ3v) is 9.28. The van der Waals surface area contributed by atoms with Gasteiger partial charge in [-0.15, -0.1) is 0 Å². The van der Waals surface area contributed by atoms with E-state index in [1.165, 1.54) is 161 Å². The summed E-state index contributed by atoms with van der Waals surface area (Å²) in [7, 11) is 0. The first-order valence-corrected chi connectivity index (χ1v) is 20.9. The Hall–Kier alpha value is -1.13. The summed E-state index contributed by atoms with van der Waals surface area (Å²) in [6.07, 6.45) is 49.5. The highest BCUT2D eigenvalue weighted by molar-refractivity contribution is 5.69. The summed E-state index contributed by atoms with van der Waals surface area (Å²) in [5, 5.41) is 9.58. The second-order valence-corrected chi connectivity index (χ2v) is 14.1. The van der Waals surface area contributed by atoms with Crippen molar-refractivity contribution in [3.63, 3.8) is 0 Å². The summed E-state index contributed by atoms with van der Waals surface area (Å²) in [5.74, 6) is -0.211. The molecule has 0 rings (SSSR count). The lowest BCUT2D eigenvalue weighted by Crippen LogP contribution is -2.27. The van der Waals surface area contributed by atoms with Crippen LogP contribution in [0.4, 0.5) is 0 Å². The van der Waals surface area contributed by atoms with Crippen LogP contribution in [0.3, 0.4) is 0 Å². The third kappa shape index (κ3) is 39.2. The molecule has 0 spiro atoms. The fourth-order valence-electron chi connectivity index (χ4n) is 6.12. The molecule has 0 aromatic carbocycles. The molecular weight excluding hydrogens is 580 g/mol. The zero-order valence-corrected chi connectivity index (χ0v) is 31.8.